The third-order valence-corrected chi connectivity index (χ3v) is 4.54. The van der Waals surface area contributed by atoms with Crippen molar-refractivity contribution in [1.29, 1.82) is 0 Å². The standard InChI is InChI=1S/C16H20N2O5S/c1-4-22-13-8-6-12(7-9-13)17-24(20,21)14-10-15(18(3)11-14)16(19)23-5-2/h6-11,17H,4-5H2,1-3H3. The molecule has 0 unspecified atom stereocenters. The number of nitrogens with zero attached hydrogens (tertiary/aromatic N) is 1. The van der Waals surface area contributed by atoms with E-state index in [1.54, 1.807) is 38.2 Å². The number of aromatic nitrogens is 1. The van der Waals surface area contributed by atoms with Crippen LogP contribution in [0, 0.1) is 0 Å². The Bertz CT molecular complexity index is 809. The van der Waals surface area contributed by atoms with Crippen LogP contribution in [0.5, 0.6) is 5.75 Å². The van der Waals surface area contributed by atoms with Gasteiger partial charge in [-0.2, -0.15) is 0 Å². The largest absolute Gasteiger partial charge is 0.494 e. The Morgan fingerprint density at radius 1 is 1.17 bits per heavy atom. The monoisotopic (exact) mass is 352 g/mol. The second kappa shape index (κ2) is 7.39. The summed E-state index contributed by atoms with van der Waals surface area (Å²) in [4.78, 5) is 11.8. The molecule has 0 aliphatic rings. The zero-order valence-electron chi connectivity index (χ0n) is 13.8. The Hall–Kier alpha value is -2.48. The molecule has 2 aromatic rings. The Morgan fingerprint density at radius 3 is 2.42 bits per heavy atom. The van der Waals surface area contributed by atoms with Gasteiger partial charge in [0.2, 0.25) is 0 Å². The van der Waals surface area contributed by atoms with Gasteiger partial charge in [-0.25, -0.2) is 13.2 Å². The summed E-state index contributed by atoms with van der Waals surface area (Å²) in [5.74, 6) is 0.0901. The summed E-state index contributed by atoms with van der Waals surface area (Å²) in [5, 5.41) is 0. The van der Waals surface area contributed by atoms with E-state index in [1.807, 2.05) is 6.92 Å². The highest BCUT2D eigenvalue weighted by Crippen LogP contribution is 2.21. The summed E-state index contributed by atoms with van der Waals surface area (Å²) in [6, 6.07) is 7.86. The molecule has 0 radical (unpaired) electrons. The Labute approximate surface area is 141 Å². The zero-order valence-corrected chi connectivity index (χ0v) is 14.6. The van der Waals surface area contributed by atoms with Gasteiger partial charge in [0.05, 0.1) is 13.2 Å². The van der Waals surface area contributed by atoms with Crippen molar-refractivity contribution in [2.45, 2.75) is 18.7 Å². The van der Waals surface area contributed by atoms with E-state index in [0.29, 0.717) is 18.0 Å². The van der Waals surface area contributed by atoms with Gasteiger partial charge in [0.1, 0.15) is 16.3 Å². The molecule has 0 spiro atoms. The van der Waals surface area contributed by atoms with E-state index in [2.05, 4.69) is 4.72 Å². The van der Waals surface area contributed by atoms with E-state index in [1.165, 1.54) is 16.8 Å². The number of nitrogens with one attached hydrogen (secondary N) is 1. The first-order chi connectivity index (χ1) is 11.4. The van der Waals surface area contributed by atoms with Crippen molar-refractivity contribution >= 4 is 21.7 Å². The number of aryl methyl sites for hydroxylation is 1. The van der Waals surface area contributed by atoms with E-state index in [-0.39, 0.29) is 17.2 Å². The summed E-state index contributed by atoms with van der Waals surface area (Å²) in [7, 11) is -2.22. The van der Waals surface area contributed by atoms with Crippen LogP contribution in [0.15, 0.2) is 41.4 Å². The van der Waals surface area contributed by atoms with Gasteiger partial charge in [0, 0.05) is 18.9 Å². The maximum absolute atomic E-state index is 12.5. The van der Waals surface area contributed by atoms with Gasteiger partial charge in [-0.3, -0.25) is 4.72 Å². The van der Waals surface area contributed by atoms with Gasteiger partial charge in [0.15, 0.2) is 0 Å². The SMILES string of the molecule is CCOC(=O)c1cc(S(=O)(=O)Nc2ccc(OCC)cc2)cn1C. The van der Waals surface area contributed by atoms with Crippen LogP contribution in [0.3, 0.4) is 0 Å². The smallest absolute Gasteiger partial charge is 0.354 e. The fourth-order valence-corrected chi connectivity index (χ4v) is 3.22. The Balaban J connectivity index is 2.21. The molecule has 0 saturated heterocycles. The molecule has 1 aromatic carbocycles. The summed E-state index contributed by atoms with van der Waals surface area (Å²) in [5.41, 5.74) is 0.573. The molecule has 8 heteroatoms. The minimum Gasteiger partial charge on any atom is -0.494 e. The lowest BCUT2D eigenvalue weighted by molar-refractivity contribution is 0.0515. The highest BCUT2D eigenvalue weighted by Gasteiger charge is 2.21. The number of hydrogen-bond donors (Lipinski definition) is 1. The summed E-state index contributed by atoms with van der Waals surface area (Å²) in [6.07, 6.45) is 1.36. The molecule has 1 heterocycles. The maximum Gasteiger partial charge on any atom is 0.354 e. The normalized spacial score (nSPS) is 11.1. The van der Waals surface area contributed by atoms with Gasteiger partial charge >= 0.3 is 5.97 Å². The third kappa shape index (κ3) is 4.08. The predicted molar refractivity (Wildman–Crippen MR) is 89.8 cm³/mol. The molecule has 0 fully saturated rings. The molecule has 0 amide bonds. The quantitative estimate of drug-likeness (QED) is 0.773. The van der Waals surface area contributed by atoms with Crippen LogP contribution >= 0.6 is 0 Å². The van der Waals surface area contributed by atoms with E-state index < -0.39 is 16.0 Å². The van der Waals surface area contributed by atoms with Crippen molar-refractivity contribution in [2.75, 3.05) is 17.9 Å². The second-order valence-electron chi connectivity index (χ2n) is 4.96. The summed E-state index contributed by atoms with van der Waals surface area (Å²) >= 11 is 0. The number of esters is 1. The average Bonchev–Trinajstić information content (AvgIpc) is 2.92. The van der Waals surface area contributed by atoms with Gasteiger partial charge in [-0.1, -0.05) is 0 Å². The zero-order chi connectivity index (χ0) is 17.7. The van der Waals surface area contributed by atoms with E-state index in [9.17, 15) is 13.2 Å². The van der Waals surface area contributed by atoms with Crippen LogP contribution in [0.2, 0.25) is 0 Å². The summed E-state index contributed by atoms with van der Waals surface area (Å²) in [6.45, 7) is 4.31. The molecule has 0 aliphatic carbocycles. The Kier molecular flexibility index (Phi) is 5.50. The number of hydrogen-bond acceptors (Lipinski definition) is 5. The van der Waals surface area contributed by atoms with E-state index in [4.69, 9.17) is 9.47 Å². The van der Waals surface area contributed by atoms with Crippen LogP contribution in [-0.2, 0) is 21.8 Å². The first kappa shape index (κ1) is 17.9. The highest BCUT2D eigenvalue weighted by molar-refractivity contribution is 7.92. The van der Waals surface area contributed by atoms with Crippen molar-refractivity contribution in [1.82, 2.24) is 4.57 Å². The summed E-state index contributed by atoms with van der Waals surface area (Å²) < 4.78 is 39.0. The maximum atomic E-state index is 12.5. The molecular formula is C16H20N2O5S. The Morgan fingerprint density at radius 2 is 1.83 bits per heavy atom. The fraction of sp³-hybridized carbons (Fsp3) is 0.312. The molecule has 7 nitrogen and oxygen atoms in total. The van der Waals surface area contributed by atoms with Gasteiger partial charge < -0.3 is 14.0 Å². The number of sulfonamides is 1. The lowest BCUT2D eigenvalue weighted by atomic mass is 10.3. The predicted octanol–water partition coefficient (Wildman–Crippen LogP) is 2.40. The number of rotatable bonds is 7. The van der Waals surface area contributed by atoms with Crippen molar-refractivity contribution in [3.8, 4) is 5.75 Å². The third-order valence-electron chi connectivity index (χ3n) is 3.19. The molecule has 0 aliphatic heterocycles. The first-order valence-electron chi connectivity index (χ1n) is 7.46. The molecule has 130 valence electrons. The van der Waals surface area contributed by atoms with Crippen molar-refractivity contribution in [3.63, 3.8) is 0 Å². The van der Waals surface area contributed by atoms with Crippen LogP contribution in [-0.4, -0.2) is 32.2 Å². The average molecular weight is 352 g/mol. The molecular weight excluding hydrogens is 332 g/mol. The molecule has 24 heavy (non-hydrogen) atoms. The minimum atomic E-state index is -3.81. The molecule has 1 N–H and O–H groups in total. The van der Waals surface area contributed by atoms with Crippen molar-refractivity contribution < 1.29 is 22.7 Å². The highest BCUT2D eigenvalue weighted by atomic mass is 32.2. The molecule has 0 bridgehead atoms. The minimum absolute atomic E-state index is 0.0121. The van der Waals surface area contributed by atoms with Gasteiger partial charge in [-0.05, 0) is 44.2 Å². The number of carbonyl (C=O) groups is 1. The molecule has 2 rings (SSSR count). The molecule has 0 saturated carbocycles. The van der Waals surface area contributed by atoms with Crippen molar-refractivity contribution in [2.24, 2.45) is 7.05 Å². The van der Waals surface area contributed by atoms with Crippen LogP contribution in [0.4, 0.5) is 5.69 Å². The second-order valence-corrected chi connectivity index (χ2v) is 6.64. The number of carbonyl (C=O) groups excluding carboxylic acids is 1. The van der Waals surface area contributed by atoms with E-state index in [0.717, 1.165) is 0 Å². The fourth-order valence-electron chi connectivity index (χ4n) is 2.09. The molecule has 0 atom stereocenters. The topological polar surface area (TPSA) is 86.6 Å². The number of anilines is 1. The van der Waals surface area contributed by atoms with Crippen LogP contribution in [0.1, 0.15) is 24.3 Å². The number of ether oxygens (including phenoxy) is 2. The lowest BCUT2D eigenvalue weighted by Gasteiger charge is -2.08. The van der Waals surface area contributed by atoms with E-state index >= 15 is 0 Å². The van der Waals surface area contributed by atoms with Crippen LogP contribution < -0.4 is 9.46 Å². The molecule has 1 aromatic heterocycles. The van der Waals surface area contributed by atoms with Gasteiger partial charge in [-0.15, -0.1) is 0 Å². The van der Waals surface area contributed by atoms with Crippen LogP contribution in [0.25, 0.3) is 0 Å². The number of benzene rings is 1. The van der Waals surface area contributed by atoms with Gasteiger partial charge in [0.25, 0.3) is 10.0 Å². The van der Waals surface area contributed by atoms with Crippen molar-refractivity contribution in [3.05, 3.63) is 42.2 Å². The first-order valence-corrected chi connectivity index (χ1v) is 8.95. The lowest BCUT2D eigenvalue weighted by Crippen LogP contribution is -2.12.